The van der Waals surface area contributed by atoms with Crippen molar-refractivity contribution in [1.29, 1.82) is 0 Å². The maximum atomic E-state index is 15.4. The van der Waals surface area contributed by atoms with Crippen LogP contribution in [0.3, 0.4) is 0 Å². The summed E-state index contributed by atoms with van der Waals surface area (Å²) in [5, 5.41) is 10.9. The highest BCUT2D eigenvalue weighted by Crippen LogP contribution is 2.35. The van der Waals surface area contributed by atoms with Crippen molar-refractivity contribution in [2.24, 2.45) is 0 Å². The van der Waals surface area contributed by atoms with Crippen molar-refractivity contribution < 1.29 is 28.4 Å². The molecule has 0 heterocycles. The van der Waals surface area contributed by atoms with E-state index < -0.39 is 35.0 Å². The van der Waals surface area contributed by atoms with Crippen LogP contribution in [0, 0.1) is 10.1 Å². The molecular formula is C15H18FNO6. The Bertz CT molecular complexity index is 544. The average Bonchev–Trinajstić information content (AvgIpc) is 2.53. The van der Waals surface area contributed by atoms with Crippen LogP contribution in [0.15, 0.2) is 30.3 Å². The van der Waals surface area contributed by atoms with Gasteiger partial charge in [0, 0.05) is 4.92 Å². The molecule has 1 aromatic carbocycles. The summed E-state index contributed by atoms with van der Waals surface area (Å²) in [5.41, 5.74) is -3.16. The van der Waals surface area contributed by atoms with Crippen LogP contribution in [0.4, 0.5) is 4.39 Å². The summed E-state index contributed by atoms with van der Waals surface area (Å²) in [6.07, 6.45) is 0. The monoisotopic (exact) mass is 327 g/mol. The van der Waals surface area contributed by atoms with Crippen LogP contribution in [-0.2, 0) is 19.1 Å². The molecule has 23 heavy (non-hydrogen) atoms. The van der Waals surface area contributed by atoms with E-state index in [0.29, 0.717) is 0 Å². The van der Waals surface area contributed by atoms with Gasteiger partial charge in [0.25, 0.3) is 0 Å². The lowest BCUT2D eigenvalue weighted by Crippen LogP contribution is -2.51. The van der Waals surface area contributed by atoms with E-state index in [1.807, 2.05) is 0 Å². The van der Waals surface area contributed by atoms with Gasteiger partial charge in [0.1, 0.15) is 5.92 Å². The van der Waals surface area contributed by atoms with Gasteiger partial charge in [-0.2, -0.15) is 0 Å². The largest absolute Gasteiger partial charge is 0.463 e. The number of halogens is 1. The minimum Gasteiger partial charge on any atom is -0.463 e. The fraction of sp³-hybridized carbons (Fsp3) is 0.467. The maximum Gasteiger partial charge on any atom is 0.356 e. The Morgan fingerprint density at radius 2 is 1.65 bits per heavy atom. The quantitative estimate of drug-likeness (QED) is 0.313. The van der Waals surface area contributed by atoms with Crippen LogP contribution in [-0.4, -0.2) is 42.3 Å². The van der Waals surface area contributed by atoms with Crippen molar-refractivity contribution in [1.82, 2.24) is 0 Å². The topological polar surface area (TPSA) is 95.7 Å². The van der Waals surface area contributed by atoms with Crippen molar-refractivity contribution in [3.8, 4) is 0 Å². The van der Waals surface area contributed by atoms with Gasteiger partial charge in [-0.1, -0.05) is 30.3 Å². The van der Waals surface area contributed by atoms with E-state index in [2.05, 4.69) is 9.47 Å². The minimum absolute atomic E-state index is 0.132. The molecule has 1 aromatic rings. The Balaban J connectivity index is 3.39. The molecular weight excluding hydrogens is 309 g/mol. The first-order chi connectivity index (χ1) is 10.9. The van der Waals surface area contributed by atoms with Gasteiger partial charge in [-0.15, -0.1) is 0 Å². The Morgan fingerprint density at radius 1 is 1.17 bits per heavy atom. The number of nitrogens with zero attached hydrogens (tertiary/aromatic N) is 1. The molecule has 0 unspecified atom stereocenters. The smallest absolute Gasteiger partial charge is 0.356 e. The Morgan fingerprint density at radius 3 is 2.04 bits per heavy atom. The van der Waals surface area contributed by atoms with Crippen molar-refractivity contribution in [3.63, 3.8) is 0 Å². The Labute approximate surface area is 132 Å². The molecule has 0 saturated carbocycles. The molecule has 0 N–H and O–H groups in total. The summed E-state index contributed by atoms with van der Waals surface area (Å²) in [6, 6.07) is 7.49. The molecule has 0 saturated heterocycles. The normalized spacial score (nSPS) is 12.3. The number of carbonyl (C=O) groups is 2. The number of benzene rings is 1. The molecule has 8 heteroatoms. The van der Waals surface area contributed by atoms with Gasteiger partial charge in [-0.25, -0.2) is 14.0 Å². The SMILES string of the molecule is CCOC(=O)C(F)(C(=O)OCC)[C@H](C[N+](=O)[O-])c1ccccc1. The Hall–Kier alpha value is -2.51. The highest BCUT2D eigenvalue weighted by Gasteiger charge is 2.58. The minimum atomic E-state index is -3.29. The molecule has 1 rings (SSSR count). The van der Waals surface area contributed by atoms with Gasteiger partial charge >= 0.3 is 17.6 Å². The van der Waals surface area contributed by atoms with Gasteiger partial charge in [0.05, 0.1) is 13.2 Å². The first kappa shape index (κ1) is 18.5. The summed E-state index contributed by atoms with van der Waals surface area (Å²) in [4.78, 5) is 34.3. The second-order valence-corrected chi connectivity index (χ2v) is 4.63. The predicted octanol–water partition coefficient (Wildman–Crippen LogP) is 1.88. The van der Waals surface area contributed by atoms with Crippen molar-refractivity contribution in [2.45, 2.75) is 25.4 Å². The van der Waals surface area contributed by atoms with Crippen LogP contribution in [0.5, 0.6) is 0 Å². The van der Waals surface area contributed by atoms with Gasteiger partial charge in [-0.05, 0) is 19.4 Å². The molecule has 7 nitrogen and oxygen atoms in total. The number of hydrogen-bond acceptors (Lipinski definition) is 6. The zero-order chi connectivity index (χ0) is 17.5. The van der Waals surface area contributed by atoms with Gasteiger partial charge in [-0.3, -0.25) is 10.1 Å². The van der Waals surface area contributed by atoms with Crippen molar-refractivity contribution >= 4 is 11.9 Å². The summed E-state index contributed by atoms with van der Waals surface area (Å²) in [5.74, 6) is -4.64. The number of rotatable bonds is 8. The standard InChI is InChI=1S/C15H18FNO6/c1-3-22-13(18)15(16,14(19)23-4-2)12(10-17(20)21)11-8-6-5-7-9-11/h5-9,12H,3-4,10H2,1-2H3/t12-/m1/s1. The van der Waals surface area contributed by atoms with Crippen LogP contribution >= 0.6 is 0 Å². The molecule has 126 valence electrons. The first-order valence-electron chi connectivity index (χ1n) is 7.07. The number of esters is 2. The predicted molar refractivity (Wildman–Crippen MR) is 78.1 cm³/mol. The molecule has 0 fully saturated rings. The summed E-state index contributed by atoms with van der Waals surface area (Å²) >= 11 is 0. The second kappa shape index (κ2) is 8.21. The van der Waals surface area contributed by atoms with Crippen LogP contribution in [0.25, 0.3) is 0 Å². The summed E-state index contributed by atoms with van der Waals surface area (Å²) in [6.45, 7) is 1.56. The molecule has 0 spiro atoms. The molecule has 1 atom stereocenters. The van der Waals surface area contributed by atoms with Crippen molar-refractivity contribution in [2.75, 3.05) is 19.8 Å². The van der Waals surface area contributed by atoms with Gasteiger partial charge in [0.15, 0.2) is 0 Å². The fourth-order valence-corrected chi connectivity index (χ4v) is 2.14. The lowest BCUT2D eigenvalue weighted by molar-refractivity contribution is -0.485. The Kier molecular flexibility index (Phi) is 6.62. The molecule has 0 radical (unpaired) electrons. The van der Waals surface area contributed by atoms with E-state index in [1.54, 1.807) is 6.07 Å². The summed E-state index contributed by atoms with van der Waals surface area (Å²) in [7, 11) is 0. The number of alkyl halides is 1. The zero-order valence-corrected chi connectivity index (χ0v) is 12.9. The van der Waals surface area contributed by atoms with Crippen LogP contribution in [0.2, 0.25) is 0 Å². The molecule has 0 amide bonds. The third kappa shape index (κ3) is 4.24. The summed E-state index contributed by atoms with van der Waals surface area (Å²) < 4.78 is 24.7. The van der Waals surface area contributed by atoms with E-state index in [1.165, 1.54) is 38.1 Å². The molecule has 0 aliphatic heterocycles. The molecule has 0 aromatic heterocycles. The van der Waals surface area contributed by atoms with E-state index in [9.17, 15) is 19.7 Å². The molecule has 0 aliphatic carbocycles. The lowest BCUT2D eigenvalue weighted by Gasteiger charge is -2.27. The maximum absolute atomic E-state index is 15.4. The average molecular weight is 327 g/mol. The van der Waals surface area contributed by atoms with E-state index in [4.69, 9.17) is 0 Å². The van der Waals surface area contributed by atoms with Gasteiger partial charge in [0.2, 0.25) is 6.54 Å². The highest BCUT2D eigenvalue weighted by molar-refractivity contribution is 6.04. The second-order valence-electron chi connectivity index (χ2n) is 4.63. The number of hydrogen-bond donors (Lipinski definition) is 0. The van der Waals surface area contributed by atoms with Crippen LogP contribution in [0.1, 0.15) is 25.3 Å². The van der Waals surface area contributed by atoms with Crippen LogP contribution < -0.4 is 0 Å². The third-order valence-corrected chi connectivity index (χ3v) is 3.16. The number of nitro groups is 1. The molecule has 0 aliphatic rings. The number of carbonyl (C=O) groups excluding carboxylic acids is 2. The third-order valence-electron chi connectivity index (χ3n) is 3.16. The van der Waals surface area contributed by atoms with Gasteiger partial charge < -0.3 is 9.47 Å². The van der Waals surface area contributed by atoms with E-state index in [-0.39, 0.29) is 18.8 Å². The van der Waals surface area contributed by atoms with E-state index in [0.717, 1.165) is 0 Å². The number of ether oxygens (including phenoxy) is 2. The zero-order valence-electron chi connectivity index (χ0n) is 12.9. The van der Waals surface area contributed by atoms with E-state index >= 15 is 4.39 Å². The highest BCUT2D eigenvalue weighted by atomic mass is 19.1. The lowest BCUT2D eigenvalue weighted by atomic mass is 9.83. The van der Waals surface area contributed by atoms with Crippen molar-refractivity contribution in [3.05, 3.63) is 46.0 Å². The fourth-order valence-electron chi connectivity index (χ4n) is 2.14. The first-order valence-corrected chi connectivity index (χ1v) is 7.07. The molecule has 0 bridgehead atoms.